The number of benzene rings is 1. The van der Waals surface area contributed by atoms with Crippen molar-refractivity contribution in [2.24, 2.45) is 0 Å². The van der Waals surface area contributed by atoms with E-state index in [1.165, 1.54) is 16.9 Å². The molecule has 0 unspecified atom stereocenters. The summed E-state index contributed by atoms with van der Waals surface area (Å²) in [6.07, 6.45) is 0. The standard InChI is InChI=1S/C18H21NO3S/c1-10-11(2)23-15(14(10)17(21)22)16(20)19-13-8-6-12(7-9-13)18(3,4)5/h6-9H,1-5H3,(H,19,20)(H,21,22). The van der Waals surface area contributed by atoms with Gasteiger partial charge >= 0.3 is 5.97 Å². The minimum Gasteiger partial charge on any atom is -0.478 e. The monoisotopic (exact) mass is 331 g/mol. The van der Waals surface area contributed by atoms with Crippen LogP contribution in [-0.2, 0) is 5.41 Å². The lowest BCUT2D eigenvalue weighted by molar-refractivity contribution is 0.0692. The van der Waals surface area contributed by atoms with Gasteiger partial charge in [0.15, 0.2) is 0 Å². The van der Waals surface area contributed by atoms with Gasteiger partial charge in [0, 0.05) is 10.6 Å². The molecule has 5 heteroatoms. The fraction of sp³-hybridized carbons (Fsp3) is 0.333. The van der Waals surface area contributed by atoms with Crippen LogP contribution >= 0.6 is 11.3 Å². The van der Waals surface area contributed by atoms with E-state index >= 15 is 0 Å². The largest absolute Gasteiger partial charge is 0.478 e. The summed E-state index contributed by atoms with van der Waals surface area (Å²) < 4.78 is 0. The van der Waals surface area contributed by atoms with Gasteiger partial charge in [0.05, 0.1) is 5.56 Å². The molecule has 0 bridgehead atoms. The van der Waals surface area contributed by atoms with E-state index in [1.807, 2.05) is 31.2 Å². The molecule has 0 fully saturated rings. The second kappa shape index (κ2) is 6.16. The van der Waals surface area contributed by atoms with Gasteiger partial charge in [-0.2, -0.15) is 0 Å². The number of carbonyl (C=O) groups is 2. The number of carboxylic acids is 1. The number of amides is 1. The van der Waals surface area contributed by atoms with Crippen molar-refractivity contribution in [1.82, 2.24) is 0 Å². The Morgan fingerprint density at radius 2 is 1.65 bits per heavy atom. The topological polar surface area (TPSA) is 66.4 Å². The number of aryl methyl sites for hydroxylation is 1. The van der Waals surface area contributed by atoms with Crippen LogP contribution in [0.25, 0.3) is 0 Å². The van der Waals surface area contributed by atoms with Gasteiger partial charge in [-0.3, -0.25) is 4.79 Å². The van der Waals surface area contributed by atoms with Crippen molar-refractivity contribution in [2.45, 2.75) is 40.0 Å². The highest BCUT2D eigenvalue weighted by Crippen LogP contribution is 2.29. The molecule has 0 saturated heterocycles. The third-order valence-corrected chi connectivity index (χ3v) is 5.02. The van der Waals surface area contributed by atoms with Crippen LogP contribution in [0.4, 0.5) is 5.69 Å². The number of carboxylic acid groups (broad SMARTS) is 1. The first-order chi connectivity index (χ1) is 10.6. The second-order valence-electron chi connectivity index (χ2n) is 6.57. The lowest BCUT2D eigenvalue weighted by Gasteiger charge is -2.19. The second-order valence-corrected chi connectivity index (χ2v) is 7.80. The third-order valence-electron chi connectivity index (χ3n) is 3.81. The van der Waals surface area contributed by atoms with Gasteiger partial charge in [-0.25, -0.2) is 4.79 Å². The Labute approximate surface area is 140 Å². The zero-order chi connectivity index (χ0) is 17.4. The average molecular weight is 331 g/mol. The summed E-state index contributed by atoms with van der Waals surface area (Å²) in [6, 6.07) is 7.62. The summed E-state index contributed by atoms with van der Waals surface area (Å²) in [7, 11) is 0. The molecule has 122 valence electrons. The van der Waals surface area contributed by atoms with E-state index in [2.05, 4.69) is 26.1 Å². The molecule has 4 nitrogen and oxygen atoms in total. The van der Waals surface area contributed by atoms with Gasteiger partial charge in [-0.15, -0.1) is 11.3 Å². The van der Waals surface area contributed by atoms with Crippen molar-refractivity contribution >= 4 is 28.9 Å². The van der Waals surface area contributed by atoms with Gasteiger partial charge in [0.1, 0.15) is 4.88 Å². The maximum absolute atomic E-state index is 12.4. The number of rotatable bonds is 3. The maximum Gasteiger partial charge on any atom is 0.337 e. The first-order valence-electron chi connectivity index (χ1n) is 7.36. The summed E-state index contributed by atoms with van der Waals surface area (Å²) in [5, 5.41) is 12.1. The van der Waals surface area contributed by atoms with Gasteiger partial charge in [-0.05, 0) is 42.5 Å². The van der Waals surface area contributed by atoms with Crippen LogP contribution in [-0.4, -0.2) is 17.0 Å². The minimum atomic E-state index is -1.07. The van der Waals surface area contributed by atoms with Gasteiger partial charge in [-0.1, -0.05) is 32.9 Å². The molecule has 2 rings (SSSR count). The summed E-state index contributed by atoms with van der Waals surface area (Å²) in [5.74, 6) is -1.45. The highest BCUT2D eigenvalue weighted by molar-refractivity contribution is 7.14. The number of nitrogens with one attached hydrogen (secondary N) is 1. The molecule has 0 radical (unpaired) electrons. The lowest BCUT2D eigenvalue weighted by Crippen LogP contribution is -2.15. The van der Waals surface area contributed by atoms with Gasteiger partial charge in [0.2, 0.25) is 0 Å². The molecule has 1 amide bonds. The first-order valence-corrected chi connectivity index (χ1v) is 8.18. The molecule has 0 saturated carbocycles. The van der Waals surface area contributed by atoms with Crippen LogP contribution < -0.4 is 5.32 Å². The average Bonchev–Trinajstić information content (AvgIpc) is 2.74. The molecule has 2 aromatic rings. The Balaban J connectivity index is 2.26. The number of hydrogen-bond acceptors (Lipinski definition) is 3. The van der Waals surface area contributed by atoms with E-state index < -0.39 is 5.97 Å². The highest BCUT2D eigenvalue weighted by Gasteiger charge is 2.23. The predicted octanol–water partition coefficient (Wildman–Crippen LogP) is 4.61. The van der Waals surface area contributed by atoms with Crippen LogP contribution in [0.3, 0.4) is 0 Å². The normalized spacial score (nSPS) is 11.3. The SMILES string of the molecule is Cc1sc(C(=O)Nc2ccc(C(C)(C)C)cc2)c(C(=O)O)c1C. The Kier molecular flexibility index (Phi) is 4.61. The Morgan fingerprint density at radius 3 is 2.13 bits per heavy atom. The van der Waals surface area contributed by atoms with E-state index in [0.29, 0.717) is 11.3 Å². The van der Waals surface area contributed by atoms with Crippen molar-refractivity contribution < 1.29 is 14.7 Å². The van der Waals surface area contributed by atoms with Crippen LogP contribution in [0.5, 0.6) is 0 Å². The predicted molar refractivity (Wildman–Crippen MR) is 93.8 cm³/mol. The fourth-order valence-corrected chi connectivity index (χ4v) is 3.33. The Morgan fingerprint density at radius 1 is 1.09 bits per heavy atom. The smallest absolute Gasteiger partial charge is 0.337 e. The van der Waals surface area contributed by atoms with Gasteiger partial charge in [0.25, 0.3) is 5.91 Å². The van der Waals surface area contributed by atoms with E-state index in [4.69, 9.17) is 0 Å². The van der Waals surface area contributed by atoms with Crippen LogP contribution in [0.1, 0.15) is 56.8 Å². The molecule has 1 heterocycles. The zero-order valence-electron chi connectivity index (χ0n) is 14.0. The van der Waals surface area contributed by atoms with Gasteiger partial charge < -0.3 is 10.4 Å². The molecule has 0 atom stereocenters. The molecule has 0 spiro atoms. The number of aromatic carboxylic acids is 1. The first kappa shape index (κ1) is 17.2. The summed E-state index contributed by atoms with van der Waals surface area (Å²) in [6.45, 7) is 9.91. The van der Waals surface area contributed by atoms with Crippen molar-refractivity contribution in [2.75, 3.05) is 5.32 Å². The highest BCUT2D eigenvalue weighted by atomic mass is 32.1. The van der Waals surface area contributed by atoms with Crippen LogP contribution in [0.2, 0.25) is 0 Å². The lowest BCUT2D eigenvalue weighted by atomic mass is 9.87. The molecule has 0 aliphatic heterocycles. The number of thiophene rings is 1. The van der Waals surface area contributed by atoms with Crippen LogP contribution in [0.15, 0.2) is 24.3 Å². The number of carbonyl (C=O) groups excluding carboxylic acids is 1. The maximum atomic E-state index is 12.4. The molecule has 1 aromatic heterocycles. The summed E-state index contributed by atoms with van der Waals surface area (Å²) in [4.78, 5) is 24.9. The van der Waals surface area contributed by atoms with Crippen molar-refractivity contribution in [3.63, 3.8) is 0 Å². The van der Waals surface area contributed by atoms with Crippen molar-refractivity contribution in [1.29, 1.82) is 0 Å². The van der Waals surface area contributed by atoms with E-state index in [0.717, 1.165) is 4.88 Å². The molecule has 2 N–H and O–H groups in total. The Bertz CT molecular complexity index is 752. The van der Waals surface area contributed by atoms with Crippen molar-refractivity contribution in [3.05, 3.63) is 50.7 Å². The Hall–Kier alpha value is -2.14. The zero-order valence-corrected chi connectivity index (χ0v) is 14.8. The number of hydrogen-bond donors (Lipinski definition) is 2. The van der Waals surface area contributed by atoms with E-state index in [-0.39, 0.29) is 21.8 Å². The molecular formula is C18H21NO3S. The third kappa shape index (κ3) is 3.62. The summed E-state index contributed by atoms with van der Waals surface area (Å²) in [5.41, 5.74) is 2.61. The van der Waals surface area contributed by atoms with Crippen molar-refractivity contribution in [3.8, 4) is 0 Å². The molecule has 1 aromatic carbocycles. The quantitative estimate of drug-likeness (QED) is 0.863. The van der Waals surface area contributed by atoms with E-state index in [9.17, 15) is 14.7 Å². The minimum absolute atomic E-state index is 0.0427. The van der Waals surface area contributed by atoms with E-state index in [1.54, 1.807) is 6.92 Å². The number of anilines is 1. The molecule has 23 heavy (non-hydrogen) atoms. The van der Waals surface area contributed by atoms with Crippen LogP contribution in [0, 0.1) is 13.8 Å². The fourth-order valence-electron chi connectivity index (χ4n) is 2.29. The molecular weight excluding hydrogens is 310 g/mol. The molecule has 0 aliphatic carbocycles. The molecule has 0 aliphatic rings. The summed E-state index contributed by atoms with van der Waals surface area (Å²) >= 11 is 1.21.